The largest absolute Gasteiger partial charge is 0.501 e. The van der Waals surface area contributed by atoms with Gasteiger partial charge < -0.3 is 4.74 Å². The molecule has 0 aliphatic heterocycles. The third-order valence-corrected chi connectivity index (χ3v) is 5.68. The van der Waals surface area contributed by atoms with E-state index in [0.717, 1.165) is 6.07 Å². The van der Waals surface area contributed by atoms with Crippen molar-refractivity contribution in [3.05, 3.63) is 47.0 Å². The number of fused-ring (bicyclic) bond motifs is 2. The normalized spacial score (nSPS) is 15.8. The molecule has 1 heterocycles. The summed E-state index contributed by atoms with van der Waals surface area (Å²) in [7, 11) is -5.82. The summed E-state index contributed by atoms with van der Waals surface area (Å²) >= 11 is 0. The molecule has 0 saturated carbocycles. The first-order chi connectivity index (χ1) is 13.0. The summed E-state index contributed by atoms with van der Waals surface area (Å²) in [6.07, 6.45) is 1.96. The molecule has 11 heteroatoms. The lowest BCUT2D eigenvalue weighted by Crippen LogP contribution is -2.34. The molecule has 4 rings (SSSR count). The standard InChI is InChI=1S/C17H9F5N2O3S/c18-16(19)6-9-10(7-16)15(28(25,26)17(20,21)22)5-4-14(9)27-13-3-1-2-12-11(13)8-23-24-12/h1-8H,(H,23,24). The number of aromatic nitrogens is 2. The van der Waals surface area contributed by atoms with Gasteiger partial charge in [-0.15, -0.1) is 0 Å². The van der Waals surface area contributed by atoms with Crippen LogP contribution >= 0.6 is 0 Å². The molecule has 0 fully saturated rings. The van der Waals surface area contributed by atoms with E-state index in [9.17, 15) is 30.4 Å². The van der Waals surface area contributed by atoms with Crippen LogP contribution in [-0.4, -0.2) is 30.0 Å². The van der Waals surface area contributed by atoms with Gasteiger partial charge in [0.2, 0.25) is 0 Å². The SMILES string of the molecule is O=S(=O)(c1ccc(Oc2cccc3[nH]ncc23)c2c1=CC(F)(F)C=2)C(F)(F)F. The van der Waals surface area contributed by atoms with E-state index in [-0.39, 0.29) is 17.6 Å². The molecule has 1 aliphatic carbocycles. The van der Waals surface area contributed by atoms with E-state index in [4.69, 9.17) is 4.74 Å². The Bertz CT molecular complexity index is 1330. The number of halogens is 5. The monoisotopic (exact) mass is 416 g/mol. The molecule has 5 nitrogen and oxygen atoms in total. The predicted octanol–water partition coefficient (Wildman–Crippen LogP) is 2.86. The zero-order chi connectivity index (χ0) is 20.3. The lowest BCUT2D eigenvalue weighted by atomic mass is 10.2. The van der Waals surface area contributed by atoms with E-state index in [2.05, 4.69) is 10.2 Å². The van der Waals surface area contributed by atoms with Gasteiger partial charge in [-0.2, -0.15) is 27.1 Å². The lowest BCUT2D eigenvalue weighted by molar-refractivity contribution is -0.0436. The number of hydrogen-bond donors (Lipinski definition) is 1. The maximum Gasteiger partial charge on any atom is 0.501 e. The Balaban J connectivity index is 1.93. The number of benzene rings is 2. The molecular formula is C17H9F5N2O3S. The van der Waals surface area contributed by atoms with Crippen molar-refractivity contribution in [2.45, 2.75) is 16.3 Å². The summed E-state index contributed by atoms with van der Waals surface area (Å²) in [5, 5.41) is 5.84. The molecule has 146 valence electrons. The summed E-state index contributed by atoms with van der Waals surface area (Å²) in [6.45, 7) is 0. The summed E-state index contributed by atoms with van der Waals surface area (Å²) in [5.74, 6) is -3.62. The smallest absolute Gasteiger partial charge is 0.456 e. The molecular weight excluding hydrogens is 407 g/mol. The Kier molecular flexibility index (Phi) is 3.80. The van der Waals surface area contributed by atoms with Crippen molar-refractivity contribution in [1.29, 1.82) is 0 Å². The number of rotatable bonds is 3. The second-order valence-electron chi connectivity index (χ2n) is 5.99. The first-order valence-electron chi connectivity index (χ1n) is 7.67. The fourth-order valence-electron chi connectivity index (χ4n) is 2.92. The molecule has 0 unspecified atom stereocenters. The van der Waals surface area contributed by atoms with Crippen LogP contribution in [0.3, 0.4) is 0 Å². The van der Waals surface area contributed by atoms with E-state index in [1.807, 2.05) is 0 Å². The van der Waals surface area contributed by atoms with Crippen molar-refractivity contribution in [2.75, 3.05) is 0 Å². The number of sulfone groups is 1. The minimum Gasteiger partial charge on any atom is -0.456 e. The number of H-pyrrole nitrogens is 1. The first kappa shape index (κ1) is 18.4. The molecule has 0 saturated heterocycles. The summed E-state index contributed by atoms with van der Waals surface area (Å²) in [4.78, 5) is -1.25. The summed E-state index contributed by atoms with van der Waals surface area (Å²) < 4.78 is 95.7. The Hall–Kier alpha value is -2.95. The second-order valence-corrected chi connectivity index (χ2v) is 7.90. The van der Waals surface area contributed by atoms with Crippen molar-refractivity contribution in [2.24, 2.45) is 0 Å². The van der Waals surface area contributed by atoms with E-state index in [1.54, 1.807) is 12.1 Å². The van der Waals surface area contributed by atoms with Crippen LogP contribution in [-0.2, 0) is 9.84 Å². The van der Waals surface area contributed by atoms with Gasteiger partial charge in [-0.3, -0.25) is 5.10 Å². The van der Waals surface area contributed by atoms with E-state index < -0.39 is 36.6 Å². The maximum atomic E-state index is 13.9. The lowest BCUT2D eigenvalue weighted by Gasteiger charge is -2.11. The zero-order valence-electron chi connectivity index (χ0n) is 13.6. The van der Waals surface area contributed by atoms with Crippen LogP contribution in [0.4, 0.5) is 22.0 Å². The van der Waals surface area contributed by atoms with E-state index in [1.165, 1.54) is 12.3 Å². The minimum absolute atomic E-state index is 0.173. The summed E-state index contributed by atoms with van der Waals surface area (Å²) in [6, 6.07) is 6.33. The van der Waals surface area contributed by atoms with Crippen LogP contribution in [0.15, 0.2) is 41.4 Å². The van der Waals surface area contributed by atoms with Crippen molar-refractivity contribution in [3.63, 3.8) is 0 Å². The van der Waals surface area contributed by atoms with Gasteiger partial charge >= 0.3 is 5.51 Å². The van der Waals surface area contributed by atoms with Gasteiger partial charge in [0.15, 0.2) is 0 Å². The van der Waals surface area contributed by atoms with Crippen LogP contribution in [0.2, 0.25) is 0 Å². The average molecular weight is 416 g/mol. The highest BCUT2D eigenvalue weighted by atomic mass is 32.2. The van der Waals surface area contributed by atoms with Crippen molar-refractivity contribution >= 4 is 32.9 Å². The molecule has 2 aromatic carbocycles. The third kappa shape index (κ3) is 2.82. The second kappa shape index (κ2) is 5.77. The van der Waals surface area contributed by atoms with Crippen molar-refractivity contribution in [1.82, 2.24) is 10.2 Å². The average Bonchev–Trinajstić information content (AvgIpc) is 3.17. The van der Waals surface area contributed by atoms with Crippen molar-refractivity contribution < 1.29 is 35.1 Å². The van der Waals surface area contributed by atoms with Crippen LogP contribution in [0.5, 0.6) is 11.5 Å². The summed E-state index contributed by atoms with van der Waals surface area (Å²) in [5.41, 5.74) is -5.04. The quantitative estimate of drug-likeness (QED) is 0.667. The molecule has 0 spiro atoms. The molecule has 0 radical (unpaired) electrons. The fraction of sp³-hybridized carbons (Fsp3) is 0.118. The number of aromatic amines is 1. The fourth-order valence-corrected chi connectivity index (χ4v) is 3.87. The van der Waals surface area contributed by atoms with E-state index in [0.29, 0.717) is 23.0 Å². The minimum atomic E-state index is -5.82. The van der Waals surface area contributed by atoms with Gasteiger partial charge in [0.25, 0.3) is 15.8 Å². The van der Waals surface area contributed by atoms with E-state index >= 15 is 0 Å². The molecule has 1 aromatic heterocycles. The number of alkyl halides is 5. The van der Waals surface area contributed by atoms with Crippen LogP contribution in [0.25, 0.3) is 23.1 Å². The third-order valence-electron chi connectivity index (χ3n) is 4.14. The number of ether oxygens (including phenoxy) is 1. The number of hydrogen-bond acceptors (Lipinski definition) is 4. The van der Waals surface area contributed by atoms with Crippen LogP contribution < -0.4 is 15.2 Å². The topological polar surface area (TPSA) is 72.1 Å². The van der Waals surface area contributed by atoms with Crippen molar-refractivity contribution in [3.8, 4) is 11.5 Å². The highest BCUT2D eigenvalue weighted by Crippen LogP contribution is 2.32. The highest BCUT2D eigenvalue weighted by Gasteiger charge is 2.48. The predicted molar refractivity (Wildman–Crippen MR) is 89.0 cm³/mol. The number of nitrogens with one attached hydrogen (secondary N) is 1. The molecule has 1 aliphatic rings. The van der Waals surface area contributed by atoms with Gasteiger partial charge in [0, 0.05) is 16.5 Å². The first-order valence-corrected chi connectivity index (χ1v) is 9.16. The Labute approximate surface area is 153 Å². The number of nitrogens with zero attached hydrogens (tertiary/aromatic N) is 1. The highest BCUT2D eigenvalue weighted by molar-refractivity contribution is 7.92. The zero-order valence-corrected chi connectivity index (χ0v) is 14.4. The van der Waals surface area contributed by atoms with Crippen LogP contribution in [0.1, 0.15) is 0 Å². The Morgan fingerprint density at radius 3 is 2.43 bits per heavy atom. The molecule has 1 N–H and O–H groups in total. The van der Waals surface area contributed by atoms with Crippen LogP contribution in [0, 0.1) is 0 Å². The maximum absolute atomic E-state index is 13.9. The molecule has 0 bridgehead atoms. The molecule has 0 atom stereocenters. The van der Waals surface area contributed by atoms with Gasteiger partial charge in [-0.25, -0.2) is 8.42 Å². The Morgan fingerprint density at radius 2 is 1.71 bits per heavy atom. The van der Waals surface area contributed by atoms with Gasteiger partial charge in [0.05, 0.1) is 22.0 Å². The molecule has 3 aromatic rings. The molecule has 0 amide bonds. The molecule has 28 heavy (non-hydrogen) atoms. The van der Waals surface area contributed by atoms with Gasteiger partial charge in [0.1, 0.15) is 11.5 Å². The van der Waals surface area contributed by atoms with Gasteiger partial charge in [-0.05, 0) is 30.3 Å². The van der Waals surface area contributed by atoms with Gasteiger partial charge in [-0.1, -0.05) is 6.07 Å². The Morgan fingerprint density at radius 1 is 1.00 bits per heavy atom.